The zero-order valence-electron chi connectivity index (χ0n) is 18.6. The van der Waals surface area contributed by atoms with Gasteiger partial charge in [0.25, 0.3) is 0 Å². The maximum absolute atomic E-state index is 12.3. The second-order valence-electron chi connectivity index (χ2n) is 8.64. The topological polar surface area (TPSA) is 105 Å². The van der Waals surface area contributed by atoms with Gasteiger partial charge in [-0.05, 0) is 34.6 Å². The maximum atomic E-state index is 12.3. The van der Waals surface area contributed by atoms with Gasteiger partial charge in [-0.2, -0.15) is 0 Å². The van der Waals surface area contributed by atoms with Crippen molar-refractivity contribution in [3.63, 3.8) is 0 Å². The van der Waals surface area contributed by atoms with Gasteiger partial charge in [-0.1, -0.05) is 69.3 Å². The van der Waals surface area contributed by atoms with Gasteiger partial charge in [0.05, 0.1) is 5.92 Å². The van der Waals surface area contributed by atoms with Crippen molar-refractivity contribution in [2.24, 2.45) is 11.8 Å². The molecule has 1 aliphatic carbocycles. The molecular formula is C25H30N2O5. The number of nitrogens with one attached hydrogen (secondary N) is 2. The largest absolute Gasteiger partial charge is 0.480 e. The van der Waals surface area contributed by atoms with Crippen molar-refractivity contribution in [2.45, 2.75) is 39.2 Å². The third-order valence-corrected chi connectivity index (χ3v) is 5.67. The van der Waals surface area contributed by atoms with Gasteiger partial charge in [-0.15, -0.1) is 0 Å². The lowest BCUT2D eigenvalue weighted by molar-refractivity contribution is -0.142. The fourth-order valence-corrected chi connectivity index (χ4v) is 3.99. The number of carboxylic acid groups (broad SMARTS) is 1. The number of ether oxygens (including phenoxy) is 1. The Morgan fingerprint density at radius 1 is 0.969 bits per heavy atom. The summed E-state index contributed by atoms with van der Waals surface area (Å²) >= 11 is 0. The van der Waals surface area contributed by atoms with Gasteiger partial charge in [0.15, 0.2) is 0 Å². The molecule has 0 spiro atoms. The highest BCUT2D eigenvalue weighted by Crippen LogP contribution is 2.44. The molecule has 1 aliphatic rings. The van der Waals surface area contributed by atoms with Crippen molar-refractivity contribution in [3.05, 3.63) is 59.7 Å². The van der Waals surface area contributed by atoms with Crippen molar-refractivity contribution >= 4 is 18.0 Å². The Morgan fingerprint density at radius 2 is 1.53 bits per heavy atom. The lowest BCUT2D eigenvalue weighted by atomic mass is 9.98. The lowest BCUT2D eigenvalue weighted by Gasteiger charge is -2.20. The first-order valence-corrected chi connectivity index (χ1v) is 10.9. The van der Waals surface area contributed by atoms with Crippen LogP contribution in [0.15, 0.2) is 48.5 Å². The summed E-state index contributed by atoms with van der Waals surface area (Å²) in [5, 5.41) is 14.4. The number of alkyl carbamates (subject to hydrolysis) is 1. The van der Waals surface area contributed by atoms with Crippen LogP contribution >= 0.6 is 0 Å². The Bertz CT molecular complexity index is 942. The van der Waals surface area contributed by atoms with Crippen molar-refractivity contribution in [3.8, 4) is 11.1 Å². The predicted octanol–water partition coefficient (Wildman–Crippen LogP) is 3.78. The standard InChI is InChI=1S/C25H30N2O5/c1-15(2)12-22(24(29)30)27-23(28)16(3)13-26-25(31)32-14-21-19-10-6-4-8-17(19)18-9-5-7-11-20(18)21/h4-11,15-16,21-22H,12-14H2,1-3H3,(H,26,31)(H,27,28)(H,29,30)/t16?,22-/m1/s1. The van der Waals surface area contributed by atoms with E-state index in [9.17, 15) is 19.5 Å². The average Bonchev–Trinajstić information content (AvgIpc) is 3.09. The molecule has 2 aromatic rings. The van der Waals surface area contributed by atoms with E-state index in [0.29, 0.717) is 6.42 Å². The highest BCUT2D eigenvalue weighted by atomic mass is 16.5. The molecule has 0 heterocycles. The summed E-state index contributed by atoms with van der Waals surface area (Å²) in [6.45, 7) is 5.66. The second kappa shape index (κ2) is 10.3. The van der Waals surface area contributed by atoms with Crippen LogP contribution in [0.3, 0.4) is 0 Å². The average molecular weight is 439 g/mol. The Morgan fingerprint density at radius 3 is 2.06 bits per heavy atom. The zero-order valence-corrected chi connectivity index (χ0v) is 18.6. The van der Waals surface area contributed by atoms with Gasteiger partial charge in [0.2, 0.25) is 5.91 Å². The highest BCUT2D eigenvalue weighted by Gasteiger charge is 2.29. The monoisotopic (exact) mass is 438 g/mol. The number of carbonyl (C=O) groups excluding carboxylic acids is 2. The number of hydrogen-bond acceptors (Lipinski definition) is 4. The number of amides is 2. The van der Waals surface area contributed by atoms with Crippen LogP contribution in [0, 0.1) is 11.8 Å². The molecule has 3 rings (SSSR count). The molecule has 32 heavy (non-hydrogen) atoms. The SMILES string of the molecule is CC(C)C[C@@H](NC(=O)C(C)CNC(=O)OCC1c2ccccc2-c2ccccc21)C(=O)O. The summed E-state index contributed by atoms with van der Waals surface area (Å²) in [6.07, 6.45) is -0.267. The first-order chi connectivity index (χ1) is 15.3. The lowest BCUT2D eigenvalue weighted by Crippen LogP contribution is -2.46. The molecule has 7 nitrogen and oxygen atoms in total. The molecular weight excluding hydrogens is 408 g/mol. The number of fused-ring (bicyclic) bond motifs is 3. The molecule has 2 atom stereocenters. The summed E-state index contributed by atoms with van der Waals surface area (Å²) in [6, 6.07) is 15.2. The molecule has 3 N–H and O–H groups in total. The predicted molar refractivity (Wildman–Crippen MR) is 121 cm³/mol. The van der Waals surface area contributed by atoms with Crippen molar-refractivity contribution in [1.29, 1.82) is 0 Å². The van der Waals surface area contributed by atoms with Crippen LogP contribution in [0.1, 0.15) is 44.2 Å². The Labute approximate surface area is 188 Å². The fraction of sp³-hybridized carbons (Fsp3) is 0.400. The molecule has 0 aromatic heterocycles. The first kappa shape index (κ1) is 23.3. The quantitative estimate of drug-likeness (QED) is 0.553. The molecule has 1 unspecified atom stereocenters. The molecule has 0 bridgehead atoms. The second-order valence-corrected chi connectivity index (χ2v) is 8.64. The number of hydrogen-bond donors (Lipinski definition) is 3. The van der Waals surface area contributed by atoms with Gasteiger partial charge in [-0.25, -0.2) is 9.59 Å². The Hall–Kier alpha value is -3.35. The fourth-order valence-electron chi connectivity index (χ4n) is 3.99. The minimum atomic E-state index is -1.07. The van der Waals surface area contributed by atoms with Crippen LogP contribution in [0.25, 0.3) is 11.1 Å². The number of aliphatic carboxylic acids is 1. The Kier molecular flexibility index (Phi) is 7.51. The van der Waals surface area contributed by atoms with Crippen LogP contribution in [0.2, 0.25) is 0 Å². The molecule has 0 radical (unpaired) electrons. The van der Waals surface area contributed by atoms with Crippen LogP contribution in [0.5, 0.6) is 0 Å². The molecule has 2 amide bonds. The summed E-state index contributed by atoms with van der Waals surface area (Å²) in [5.41, 5.74) is 4.55. The maximum Gasteiger partial charge on any atom is 0.407 e. The van der Waals surface area contributed by atoms with Crippen LogP contribution in [-0.2, 0) is 14.3 Å². The van der Waals surface area contributed by atoms with Gasteiger partial charge < -0.3 is 20.5 Å². The third-order valence-electron chi connectivity index (χ3n) is 5.67. The molecule has 0 saturated heterocycles. The normalized spacial score (nSPS) is 14.2. The van der Waals surface area contributed by atoms with Crippen LogP contribution in [-0.4, -0.2) is 42.3 Å². The summed E-state index contributed by atoms with van der Waals surface area (Å²) in [4.78, 5) is 35.9. The third kappa shape index (κ3) is 5.46. The molecule has 0 aliphatic heterocycles. The van der Waals surface area contributed by atoms with Crippen molar-refractivity contribution in [1.82, 2.24) is 10.6 Å². The van der Waals surface area contributed by atoms with E-state index in [-0.39, 0.29) is 25.0 Å². The first-order valence-electron chi connectivity index (χ1n) is 10.9. The van der Waals surface area contributed by atoms with E-state index < -0.39 is 29.9 Å². The minimum Gasteiger partial charge on any atom is -0.480 e. The molecule has 170 valence electrons. The van der Waals surface area contributed by atoms with E-state index in [1.54, 1.807) is 6.92 Å². The summed E-state index contributed by atoms with van der Waals surface area (Å²) in [5.74, 6) is -1.99. The van der Waals surface area contributed by atoms with Crippen molar-refractivity contribution in [2.75, 3.05) is 13.2 Å². The van der Waals surface area contributed by atoms with Gasteiger partial charge >= 0.3 is 12.1 Å². The smallest absolute Gasteiger partial charge is 0.407 e. The molecule has 7 heteroatoms. The van der Waals surface area contributed by atoms with E-state index in [1.165, 1.54) is 0 Å². The highest BCUT2D eigenvalue weighted by molar-refractivity contribution is 5.85. The number of rotatable bonds is 9. The number of benzene rings is 2. The van der Waals surface area contributed by atoms with Gasteiger partial charge in [0.1, 0.15) is 12.6 Å². The zero-order chi connectivity index (χ0) is 23.3. The van der Waals surface area contributed by atoms with Gasteiger partial charge in [0, 0.05) is 12.5 Å². The van der Waals surface area contributed by atoms with E-state index in [1.807, 2.05) is 50.2 Å². The van der Waals surface area contributed by atoms with Crippen LogP contribution < -0.4 is 10.6 Å². The molecule has 0 saturated carbocycles. The number of carbonyl (C=O) groups is 3. The van der Waals surface area contributed by atoms with Gasteiger partial charge in [-0.3, -0.25) is 4.79 Å². The van der Waals surface area contributed by atoms with Crippen LogP contribution in [0.4, 0.5) is 4.79 Å². The number of carboxylic acids is 1. The van der Waals surface area contributed by atoms with E-state index in [4.69, 9.17) is 4.74 Å². The Balaban J connectivity index is 1.51. The van der Waals surface area contributed by atoms with E-state index in [2.05, 4.69) is 22.8 Å². The minimum absolute atomic E-state index is 0.0405. The van der Waals surface area contributed by atoms with E-state index >= 15 is 0 Å². The van der Waals surface area contributed by atoms with E-state index in [0.717, 1.165) is 22.3 Å². The summed E-state index contributed by atoms with van der Waals surface area (Å²) in [7, 11) is 0. The molecule has 2 aromatic carbocycles. The van der Waals surface area contributed by atoms with Crippen molar-refractivity contribution < 1.29 is 24.2 Å². The molecule has 0 fully saturated rings. The summed E-state index contributed by atoms with van der Waals surface area (Å²) < 4.78 is 5.47.